The molecule has 0 radical (unpaired) electrons. The Hall–Kier alpha value is -2.42. The number of ether oxygens (including phenoxy) is 2. The van der Waals surface area contributed by atoms with Crippen molar-refractivity contribution in [1.29, 1.82) is 0 Å². The largest absolute Gasteiger partial charge is 0.484 e. The molecule has 1 fully saturated rings. The summed E-state index contributed by atoms with van der Waals surface area (Å²) in [5, 5.41) is 2.72. The standard InChI is InChI=1S/C23H30N2O5S/c1-17-5-8-19(15-21(17)31(27,28)25-11-13-29-14-12-25)24-22(26)16-30-20-9-6-18(7-10-20)23(2,3)4/h5-10,15H,11-14,16H2,1-4H3,(H,24,26). The number of benzene rings is 2. The SMILES string of the molecule is Cc1ccc(NC(=O)COc2ccc(C(C)(C)C)cc2)cc1S(=O)(=O)N1CCOCC1. The topological polar surface area (TPSA) is 84.9 Å². The maximum Gasteiger partial charge on any atom is 0.262 e. The van der Waals surface area contributed by atoms with E-state index in [0.29, 0.717) is 43.3 Å². The van der Waals surface area contributed by atoms with Crippen molar-refractivity contribution in [1.82, 2.24) is 4.31 Å². The molecule has 168 valence electrons. The highest BCUT2D eigenvalue weighted by atomic mass is 32.2. The highest BCUT2D eigenvalue weighted by Gasteiger charge is 2.28. The van der Waals surface area contributed by atoms with Crippen LogP contribution in [0.15, 0.2) is 47.4 Å². The van der Waals surface area contributed by atoms with Crippen molar-refractivity contribution in [2.75, 3.05) is 38.2 Å². The van der Waals surface area contributed by atoms with Crippen LogP contribution in [0.1, 0.15) is 31.9 Å². The fraction of sp³-hybridized carbons (Fsp3) is 0.435. The minimum absolute atomic E-state index is 0.0423. The lowest BCUT2D eigenvalue weighted by atomic mass is 9.87. The molecule has 3 rings (SSSR count). The average molecular weight is 447 g/mol. The van der Waals surface area contributed by atoms with E-state index in [1.807, 2.05) is 24.3 Å². The van der Waals surface area contributed by atoms with Crippen molar-refractivity contribution in [2.24, 2.45) is 0 Å². The Labute approximate surface area is 184 Å². The van der Waals surface area contributed by atoms with E-state index in [1.54, 1.807) is 19.1 Å². The normalized spacial score (nSPS) is 15.5. The molecular formula is C23H30N2O5S. The fourth-order valence-corrected chi connectivity index (χ4v) is 4.94. The molecule has 1 N–H and O–H groups in total. The number of carbonyl (C=O) groups excluding carboxylic acids is 1. The molecule has 0 atom stereocenters. The lowest BCUT2D eigenvalue weighted by molar-refractivity contribution is -0.118. The van der Waals surface area contributed by atoms with Gasteiger partial charge in [0, 0.05) is 18.8 Å². The van der Waals surface area contributed by atoms with E-state index in [0.717, 1.165) is 0 Å². The molecule has 1 saturated heterocycles. The van der Waals surface area contributed by atoms with Crippen LogP contribution in [0.25, 0.3) is 0 Å². The second-order valence-electron chi connectivity index (χ2n) is 8.61. The number of sulfonamides is 1. The summed E-state index contributed by atoms with van der Waals surface area (Å²) in [5.74, 6) is 0.237. The van der Waals surface area contributed by atoms with Crippen molar-refractivity contribution in [3.63, 3.8) is 0 Å². The van der Waals surface area contributed by atoms with Gasteiger partial charge in [-0.15, -0.1) is 0 Å². The third kappa shape index (κ3) is 5.84. The van der Waals surface area contributed by atoms with Gasteiger partial charge in [0.1, 0.15) is 5.75 Å². The number of nitrogens with one attached hydrogen (secondary N) is 1. The summed E-state index contributed by atoms with van der Waals surface area (Å²) in [6.45, 7) is 9.35. The van der Waals surface area contributed by atoms with Gasteiger partial charge in [0.15, 0.2) is 6.61 Å². The molecule has 0 aliphatic carbocycles. The molecule has 1 aliphatic rings. The highest BCUT2D eigenvalue weighted by Crippen LogP contribution is 2.25. The summed E-state index contributed by atoms with van der Waals surface area (Å²) in [5.41, 5.74) is 2.26. The van der Waals surface area contributed by atoms with Crippen LogP contribution in [0.4, 0.5) is 5.69 Å². The third-order valence-electron chi connectivity index (χ3n) is 5.15. The molecule has 1 amide bonds. The monoisotopic (exact) mass is 446 g/mol. The Morgan fingerprint density at radius 1 is 1.10 bits per heavy atom. The lowest BCUT2D eigenvalue weighted by Gasteiger charge is -2.26. The number of hydrogen-bond acceptors (Lipinski definition) is 5. The van der Waals surface area contributed by atoms with Crippen molar-refractivity contribution < 1.29 is 22.7 Å². The van der Waals surface area contributed by atoms with Gasteiger partial charge in [0.05, 0.1) is 18.1 Å². The fourth-order valence-electron chi connectivity index (χ4n) is 3.28. The Morgan fingerprint density at radius 3 is 2.35 bits per heavy atom. The summed E-state index contributed by atoms with van der Waals surface area (Å²) in [6.07, 6.45) is 0. The number of rotatable bonds is 6. The van der Waals surface area contributed by atoms with E-state index in [4.69, 9.17) is 9.47 Å². The van der Waals surface area contributed by atoms with Gasteiger partial charge in [-0.3, -0.25) is 4.79 Å². The number of aryl methyl sites for hydroxylation is 1. The molecule has 0 aromatic heterocycles. The van der Waals surface area contributed by atoms with Gasteiger partial charge in [-0.1, -0.05) is 39.0 Å². The number of nitrogens with zero attached hydrogens (tertiary/aromatic N) is 1. The first-order chi connectivity index (χ1) is 14.6. The van der Waals surface area contributed by atoms with Crippen molar-refractivity contribution in [3.8, 4) is 5.75 Å². The van der Waals surface area contributed by atoms with Gasteiger partial charge in [0.2, 0.25) is 10.0 Å². The van der Waals surface area contributed by atoms with Crippen molar-refractivity contribution >= 4 is 21.6 Å². The first kappa shape index (κ1) is 23.2. The minimum atomic E-state index is -3.65. The average Bonchev–Trinajstić information content (AvgIpc) is 2.74. The lowest BCUT2D eigenvalue weighted by Crippen LogP contribution is -2.40. The molecule has 0 unspecified atom stereocenters. The Balaban J connectivity index is 1.64. The predicted octanol–water partition coefficient (Wildman–Crippen LogP) is 3.33. The summed E-state index contributed by atoms with van der Waals surface area (Å²) in [7, 11) is -3.65. The molecule has 0 saturated carbocycles. The van der Waals surface area contributed by atoms with Crippen LogP contribution in [0.3, 0.4) is 0 Å². The summed E-state index contributed by atoms with van der Waals surface area (Å²) >= 11 is 0. The molecule has 0 spiro atoms. The molecule has 1 heterocycles. The Bertz CT molecular complexity index is 1020. The van der Waals surface area contributed by atoms with Crippen LogP contribution in [0.2, 0.25) is 0 Å². The molecule has 7 nitrogen and oxygen atoms in total. The van der Waals surface area contributed by atoms with Crippen LogP contribution in [-0.2, 0) is 25.0 Å². The van der Waals surface area contributed by atoms with Crippen molar-refractivity contribution in [2.45, 2.75) is 38.0 Å². The predicted molar refractivity (Wildman–Crippen MR) is 120 cm³/mol. The maximum absolute atomic E-state index is 13.0. The molecule has 2 aromatic rings. The zero-order valence-electron chi connectivity index (χ0n) is 18.5. The molecule has 31 heavy (non-hydrogen) atoms. The van der Waals surface area contributed by atoms with Crippen LogP contribution < -0.4 is 10.1 Å². The summed E-state index contributed by atoms with van der Waals surface area (Å²) < 4.78 is 38.2. The van der Waals surface area contributed by atoms with Gasteiger partial charge in [0.25, 0.3) is 5.91 Å². The molecule has 2 aromatic carbocycles. The zero-order valence-corrected chi connectivity index (χ0v) is 19.3. The van der Waals surface area contributed by atoms with Crippen LogP contribution >= 0.6 is 0 Å². The number of anilines is 1. The highest BCUT2D eigenvalue weighted by molar-refractivity contribution is 7.89. The molecular weight excluding hydrogens is 416 g/mol. The van der Waals surface area contributed by atoms with E-state index >= 15 is 0 Å². The molecule has 8 heteroatoms. The first-order valence-corrected chi connectivity index (χ1v) is 11.7. The smallest absolute Gasteiger partial charge is 0.262 e. The first-order valence-electron chi connectivity index (χ1n) is 10.3. The summed E-state index contributed by atoms with van der Waals surface area (Å²) in [4.78, 5) is 12.5. The Kier molecular flexibility index (Phi) is 7.03. The zero-order chi connectivity index (χ0) is 22.6. The van der Waals surface area contributed by atoms with Gasteiger partial charge in [-0.2, -0.15) is 4.31 Å². The molecule has 1 aliphatic heterocycles. The van der Waals surface area contributed by atoms with E-state index in [2.05, 4.69) is 26.1 Å². The van der Waals surface area contributed by atoms with Crippen LogP contribution in [-0.4, -0.2) is 51.5 Å². The quantitative estimate of drug-likeness (QED) is 0.736. The van der Waals surface area contributed by atoms with E-state index in [-0.39, 0.29) is 22.8 Å². The van der Waals surface area contributed by atoms with Crippen LogP contribution in [0, 0.1) is 6.92 Å². The molecule has 0 bridgehead atoms. The van der Waals surface area contributed by atoms with Gasteiger partial charge in [-0.05, 0) is 47.7 Å². The maximum atomic E-state index is 13.0. The van der Waals surface area contributed by atoms with Gasteiger partial charge in [-0.25, -0.2) is 8.42 Å². The van der Waals surface area contributed by atoms with E-state index in [9.17, 15) is 13.2 Å². The number of carbonyl (C=O) groups is 1. The second-order valence-corrected chi connectivity index (χ2v) is 10.5. The third-order valence-corrected chi connectivity index (χ3v) is 7.19. The number of morpholine rings is 1. The summed E-state index contributed by atoms with van der Waals surface area (Å²) in [6, 6.07) is 12.5. The van der Waals surface area contributed by atoms with E-state index in [1.165, 1.54) is 15.9 Å². The number of amides is 1. The van der Waals surface area contributed by atoms with Crippen molar-refractivity contribution in [3.05, 3.63) is 53.6 Å². The van der Waals surface area contributed by atoms with Gasteiger partial charge >= 0.3 is 0 Å². The number of hydrogen-bond donors (Lipinski definition) is 1. The minimum Gasteiger partial charge on any atom is -0.484 e. The Morgan fingerprint density at radius 2 is 1.74 bits per heavy atom. The van der Waals surface area contributed by atoms with Crippen LogP contribution in [0.5, 0.6) is 5.75 Å². The van der Waals surface area contributed by atoms with E-state index < -0.39 is 10.0 Å². The second kappa shape index (κ2) is 9.38. The van der Waals surface area contributed by atoms with Gasteiger partial charge < -0.3 is 14.8 Å².